The van der Waals surface area contributed by atoms with Crippen molar-refractivity contribution in [1.82, 2.24) is 5.32 Å². The van der Waals surface area contributed by atoms with Crippen LogP contribution in [-0.2, 0) is 16.0 Å². The molecule has 0 aromatic heterocycles. The van der Waals surface area contributed by atoms with E-state index in [-0.39, 0.29) is 30.0 Å². The summed E-state index contributed by atoms with van der Waals surface area (Å²) in [6, 6.07) is 12.4. The predicted molar refractivity (Wildman–Crippen MR) is 99.5 cm³/mol. The lowest BCUT2D eigenvalue weighted by Crippen LogP contribution is -2.34. The van der Waals surface area contributed by atoms with Gasteiger partial charge in [0.15, 0.2) is 0 Å². The third-order valence-corrected chi connectivity index (χ3v) is 5.01. The maximum absolute atomic E-state index is 13.6. The lowest BCUT2D eigenvalue weighted by molar-refractivity contribution is -0.126. The third-order valence-electron chi connectivity index (χ3n) is 5.01. The molecular weight excluding hydrogens is 331 g/mol. The first-order valence-electron chi connectivity index (χ1n) is 8.85. The SMILES string of the molecule is Cc1cccc(N2CC(C(=O)NCCc3ccccc3F)CC2=O)c1C. The van der Waals surface area contributed by atoms with Crippen molar-refractivity contribution >= 4 is 17.5 Å². The highest BCUT2D eigenvalue weighted by atomic mass is 19.1. The molecule has 1 aliphatic heterocycles. The molecule has 5 heteroatoms. The van der Waals surface area contributed by atoms with E-state index in [0.29, 0.717) is 25.1 Å². The summed E-state index contributed by atoms with van der Waals surface area (Å²) < 4.78 is 13.6. The number of carbonyl (C=O) groups is 2. The quantitative estimate of drug-likeness (QED) is 0.897. The second-order valence-electron chi connectivity index (χ2n) is 6.76. The van der Waals surface area contributed by atoms with Gasteiger partial charge in [-0.05, 0) is 49.1 Å². The van der Waals surface area contributed by atoms with Crippen molar-refractivity contribution in [2.45, 2.75) is 26.7 Å². The van der Waals surface area contributed by atoms with Gasteiger partial charge in [0.1, 0.15) is 5.82 Å². The second kappa shape index (κ2) is 7.68. The van der Waals surface area contributed by atoms with Gasteiger partial charge in [-0.1, -0.05) is 30.3 Å². The topological polar surface area (TPSA) is 49.4 Å². The Bertz CT molecular complexity index is 835. The fraction of sp³-hybridized carbons (Fsp3) is 0.333. The summed E-state index contributed by atoms with van der Waals surface area (Å²) in [5, 5.41) is 2.83. The molecule has 1 atom stereocenters. The summed E-state index contributed by atoms with van der Waals surface area (Å²) in [6.07, 6.45) is 0.638. The number of halogens is 1. The van der Waals surface area contributed by atoms with E-state index in [2.05, 4.69) is 5.32 Å². The third kappa shape index (κ3) is 3.77. The van der Waals surface area contributed by atoms with Crippen molar-refractivity contribution in [1.29, 1.82) is 0 Å². The molecule has 136 valence electrons. The fourth-order valence-corrected chi connectivity index (χ4v) is 3.31. The summed E-state index contributed by atoms with van der Waals surface area (Å²) in [5.74, 6) is -0.822. The summed E-state index contributed by atoms with van der Waals surface area (Å²) in [5.41, 5.74) is 3.62. The molecule has 0 bridgehead atoms. The number of benzene rings is 2. The predicted octanol–water partition coefficient (Wildman–Crippen LogP) is 3.15. The molecule has 1 aliphatic rings. The number of amides is 2. The van der Waals surface area contributed by atoms with E-state index in [9.17, 15) is 14.0 Å². The van der Waals surface area contributed by atoms with Crippen molar-refractivity contribution in [3.63, 3.8) is 0 Å². The van der Waals surface area contributed by atoms with Crippen LogP contribution < -0.4 is 10.2 Å². The van der Waals surface area contributed by atoms with Gasteiger partial charge in [0.25, 0.3) is 0 Å². The summed E-state index contributed by atoms with van der Waals surface area (Å²) in [7, 11) is 0. The Morgan fingerprint density at radius 3 is 2.73 bits per heavy atom. The molecule has 2 amide bonds. The molecule has 0 radical (unpaired) electrons. The average Bonchev–Trinajstić information content (AvgIpc) is 3.01. The smallest absolute Gasteiger partial charge is 0.227 e. The maximum atomic E-state index is 13.6. The van der Waals surface area contributed by atoms with Crippen molar-refractivity contribution in [3.05, 3.63) is 65.0 Å². The van der Waals surface area contributed by atoms with Gasteiger partial charge in [-0.25, -0.2) is 4.39 Å². The molecule has 1 heterocycles. The summed E-state index contributed by atoms with van der Waals surface area (Å²) in [4.78, 5) is 26.5. The number of carbonyl (C=O) groups excluding carboxylic acids is 2. The summed E-state index contributed by atoms with van der Waals surface area (Å²) in [6.45, 7) is 4.73. The molecule has 0 spiro atoms. The van der Waals surface area contributed by atoms with Crippen LogP contribution in [0.3, 0.4) is 0 Å². The first-order valence-corrected chi connectivity index (χ1v) is 8.85. The molecule has 0 saturated carbocycles. The minimum Gasteiger partial charge on any atom is -0.355 e. The van der Waals surface area contributed by atoms with Gasteiger partial charge in [-0.3, -0.25) is 9.59 Å². The number of hydrogen-bond donors (Lipinski definition) is 1. The van der Waals surface area contributed by atoms with Gasteiger partial charge in [0.05, 0.1) is 5.92 Å². The van der Waals surface area contributed by atoms with Gasteiger partial charge < -0.3 is 10.2 Å². The Kier molecular flexibility index (Phi) is 5.35. The zero-order valence-electron chi connectivity index (χ0n) is 15.1. The highest BCUT2D eigenvalue weighted by molar-refractivity contribution is 6.00. The van der Waals surface area contributed by atoms with Crippen molar-refractivity contribution < 1.29 is 14.0 Å². The van der Waals surface area contributed by atoms with Gasteiger partial charge >= 0.3 is 0 Å². The van der Waals surface area contributed by atoms with Gasteiger partial charge in [0, 0.05) is 25.2 Å². The summed E-state index contributed by atoms with van der Waals surface area (Å²) >= 11 is 0. The van der Waals surface area contributed by atoms with E-state index in [0.717, 1.165) is 16.8 Å². The van der Waals surface area contributed by atoms with Crippen LogP contribution in [0.25, 0.3) is 0 Å². The van der Waals surface area contributed by atoms with Crippen LogP contribution in [0.5, 0.6) is 0 Å². The molecule has 2 aromatic carbocycles. The number of aryl methyl sites for hydroxylation is 1. The van der Waals surface area contributed by atoms with Gasteiger partial charge in [-0.15, -0.1) is 0 Å². The molecule has 26 heavy (non-hydrogen) atoms. The van der Waals surface area contributed by atoms with Crippen molar-refractivity contribution in [3.8, 4) is 0 Å². The van der Waals surface area contributed by atoms with Crippen LogP contribution in [0.2, 0.25) is 0 Å². The van der Waals surface area contributed by atoms with Crippen molar-refractivity contribution in [2.24, 2.45) is 5.92 Å². The zero-order valence-corrected chi connectivity index (χ0v) is 15.1. The Morgan fingerprint density at radius 1 is 1.19 bits per heavy atom. The molecule has 0 aliphatic carbocycles. The van der Waals surface area contributed by atoms with Crippen LogP contribution in [-0.4, -0.2) is 24.9 Å². The first-order chi connectivity index (χ1) is 12.5. The Labute approximate surface area is 153 Å². The average molecular weight is 354 g/mol. The van der Waals surface area contributed by atoms with Gasteiger partial charge in [-0.2, -0.15) is 0 Å². The molecule has 3 rings (SSSR count). The minimum absolute atomic E-state index is 0.0343. The molecule has 1 unspecified atom stereocenters. The second-order valence-corrected chi connectivity index (χ2v) is 6.76. The lowest BCUT2D eigenvalue weighted by Gasteiger charge is -2.20. The van der Waals surface area contributed by atoms with E-state index in [1.165, 1.54) is 6.07 Å². The first kappa shape index (κ1) is 18.1. The van der Waals surface area contributed by atoms with E-state index < -0.39 is 0 Å². The minimum atomic E-state index is -0.372. The number of nitrogens with zero attached hydrogens (tertiary/aromatic N) is 1. The van der Waals surface area contributed by atoms with E-state index in [1.807, 2.05) is 32.0 Å². The highest BCUT2D eigenvalue weighted by Gasteiger charge is 2.35. The maximum Gasteiger partial charge on any atom is 0.227 e. The monoisotopic (exact) mass is 354 g/mol. The largest absolute Gasteiger partial charge is 0.355 e. The normalized spacial score (nSPS) is 16.8. The van der Waals surface area contributed by atoms with E-state index in [1.54, 1.807) is 23.1 Å². The molecule has 1 fully saturated rings. The Hall–Kier alpha value is -2.69. The van der Waals surface area contributed by atoms with E-state index >= 15 is 0 Å². The molecule has 1 N–H and O–H groups in total. The molecular formula is C21H23FN2O2. The van der Waals surface area contributed by atoms with Crippen LogP contribution >= 0.6 is 0 Å². The number of rotatable bonds is 5. The molecule has 2 aromatic rings. The highest BCUT2D eigenvalue weighted by Crippen LogP contribution is 2.29. The Balaban J connectivity index is 1.59. The number of anilines is 1. The van der Waals surface area contributed by atoms with Gasteiger partial charge in [0.2, 0.25) is 11.8 Å². The van der Waals surface area contributed by atoms with E-state index in [4.69, 9.17) is 0 Å². The standard InChI is InChI=1S/C21H23FN2O2/c1-14-6-5-9-19(15(14)2)24-13-17(12-20(24)25)21(26)23-11-10-16-7-3-4-8-18(16)22/h3-9,17H,10-13H2,1-2H3,(H,23,26). The lowest BCUT2D eigenvalue weighted by atomic mass is 10.1. The number of hydrogen-bond acceptors (Lipinski definition) is 2. The molecule has 4 nitrogen and oxygen atoms in total. The molecule has 1 saturated heterocycles. The fourth-order valence-electron chi connectivity index (χ4n) is 3.31. The van der Waals surface area contributed by atoms with Crippen LogP contribution in [0.4, 0.5) is 10.1 Å². The Morgan fingerprint density at radius 2 is 1.96 bits per heavy atom. The van der Waals surface area contributed by atoms with Crippen LogP contribution in [0.1, 0.15) is 23.1 Å². The zero-order chi connectivity index (χ0) is 18.7. The number of nitrogens with one attached hydrogen (secondary N) is 1. The van der Waals surface area contributed by atoms with Crippen LogP contribution in [0, 0.1) is 25.6 Å². The van der Waals surface area contributed by atoms with Crippen LogP contribution in [0.15, 0.2) is 42.5 Å². The van der Waals surface area contributed by atoms with Crippen molar-refractivity contribution in [2.75, 3.05) is 18.0 Å².